The van der Waals surface area contributed by atoms with Crippen LogP contribution in [0.2, 0.25) is 19.1 Å². The van der Waals surface area contributed by atoms with Crippen molar-refractivity contribution in [2.24, 2.45) is 0 Å². The first-order chi connectivity index (χ1) is 7.47. The molecule has 1 saturated heterocycles. The fourth-order valence-electron chi connectivity index (χ4n) is 2.97. The monoisotopic (exact) mass is 239 g/mol. The lowest BCUT2D eigenvalue weighted by atomic mass is 10.3. The second-order valence-corrected chi connectivity index (χ2v) is 10.4. The third-order valence-electron chi connectivity index (χ3n) is 4.27. The standard InChI is InChI=1S/C13H27N2Si/c1-6-13(3)12-16(4,5)15(7-2)10-8-14-9-11-15/h6,14H,1,3,7-12H2,2,4-5H3/q+1. The normalized spacial score (nSPS) is 20.4. The summed E-state index contributed by atoms with van der Waals surface area (Å²) in [5.41, 5.74) is 1.22. The number of piperazine rings is 1. The van der Waals surface area contributed by atoms with Crippen molar-refractivity contribution >= 4 is 8.24 Å². The van der Waals surface area contributed by atoms with Gasteiger partial charge in [-0.3, -0.25) is 0 Å². The third-order valence-corrected chi connectivity index (χ3v) is 8.92. The van der Waals surface area contributed by atoms with Gasteiger partial charge in [0, 0.05) is 19.1 Å². The van der Waals surface area contributed by atoms with Gasteiger partial charge in [0.25, 0.3) is 8.24 Å². The van der Waals surface area contributed by atoms with Crippen molar-refractivity contribution < 1.29 is 4.15 Å². The van der Waals surface area contributed by atoms with Crippen LogP contribution in [-0.4, -0.2) is 45.1 Å². The zero-order valence-electron chi connectivity index (χ0n) is 11.2. The van der Waals surface area contributed by atoms with Gasteiger partial charge in [-0.25, -0.2) is 0 Å². The van der Waals surface area contributed by atoms with Gasteiger partial charge < -0.3 is 9.47 Å². The van der Waals surface area contributed by atoms with Gasteiger partial charge in [0.05, 0.1) is 19.6 Å². The number of hydrogen-bond acceptors (Lipinski definition) is 1. The Morgan fingerprint density at radius 1 is 1.38 bits per heavy atom. The molecule has 92 valence electrons. The van der Waals surface area contributed by atoms with E-state index >= 15 is 0 Å². The van der Waals surface area contributed by atoms with E-state index in [0.717, 1.165) is 0 Å². The van der Waals surface area contributed by atoms with E-state index in [2.05, 4.69) is 38.5 Å². The summed E-state index contributed by atoms with van der Waals surface area (Å²) in [5, 5.41) is 3.48. The zero-order chi connectivity index (χ0) is 12.2. The number of hydrogen-bond donors (Lipinski definition) is 1. The van der Waals surface area contributed by atoms with Crippen molar-refractivity contribution in [3.05, 3.63) is 24.8 Å². The van der Waals surface area contributed by atoms with E-state index < -0.39 is 8.24 Å². The Morgan fingerprint density at radius 2 is 1.94 bits per heavy atom. The van der Waals surface area contributed by atoms with Crippen LogP contribution in [0.1, 0.15) is 6.92 Å². The minimum atomic E-state index is -1.31. The second-order valence-electron chi connectivity index (χ2n) is 5.51. The van der Waals surface area contributed by atoms with Gasteiger partial charge in [0.1, 0.15) is 0 Å². The van der Waals surface area contributed by atoms with Crippen LogP contribution in [0.25, 0.3) is 0 Å². The van der Waals surface area contributed by atoms with E-state index in [1.165, 1.54) is 48.5 Å². The summed E-state index contributed by atoms with van der Waals surface area (Å²) in [6, 6.07) is 1.18. The van der Waals surface area contributed by atoms with Crippen molar-refractivity contribution in [1.29, 1.82) is 0 Å². The average Bonchev–Trinajstić information content (AvgIpc) is 2.29. The Labute approximate surface area is 102 Å². The van der Waals surface area contributed by atoms with Gasteiger partial charge in [0.2, 0.25) is 0 Å². The van der Waals surface area contributed by atoms with Crippen molar-refractivity contribution in [3.63, 3.8) is 0 Å². The summed E-state index contributed by atoms with van der Waals surface area (Å²) in [6.45, 7) is 21.5. The fraction of sp³-hybridized carbons (Fsp3) is 0.692. The fourth-order valence-corrected chi connectivity index (χ4v) is 6.85. The van der Waals surface area contributed by atoms with E-state index in [4.69, 9.17) is 0 Å². The number of quaternary nitrogens is 1. The molecule has 0 radical (unpaired) electrons. The lowest BCUT2D eigenvalue weighted by Gasteiger charge is -2.51. The summed E-state index contributed by atoms with van der Waals surface area (Å²) in [5.74, 6) is 0. The molecule has 3 heteroatoms. The Bertz CT molecular complexity index is 265. The molecule has 1 heterocycles. The molecule has 0 aromatic carbocycles. The first kappa shape index (κ1) is 13.7. The summed E-state index contributed by atoms with van der Waals surface area (Å²) in [4.78, 5) is 0. The van der Waals surface area contributed by atoms with E-state index in [-0.39, 0.29) is 0 Å². The molecule has 1 rings (SSSR count). The molecule has 0 amide bonds. The van der Waals surface area contributed by atoms with Crippen LogP contribution in [0.3, 0.4) is 0 Å². The number of nitrogens with zero attached hydrogens (tertiary/aromatic N) is 1. The van der Waals surface area contributed by atoms with E-state index in [0.29, 0.717) is 0 Å². The summed E-state index contributed by atoms with van der Waals surface area (Å²) in [6.07, 6.45) is 1.93. The Kier molecular flexibility index (Phi) is 4.53. The molecule has 1 aliphatic rings. The maximum absolute atomic E-state index is 4.11. The quantitative estimate of drug-likeness (QED) is 0.574. The maximum atomic E-state index is 4.11. The lowest BCUT2D eigenvalue weighted by molar-refractivity contribution is -0.834. The molecular weight excluding hydrogens is 212 g/mol. The Balaban J connectivity index is 2.83. The van der Waals surface area contributed by atoms with Gasteiger partial charge >= 0.3 is 0 Å². The molecule has 0 spiro atoms. The molecule has 1 N–H and O–H groups in total. The molecule has 0 unspecified atom stereocenters. The van der Waals surface area contributed by atoms with E-state index in [9.17, 15) is 0 Å². The van der Waals surface area contributed by atoms with Crippen LogP contribution in [-0.2, 0) is 0 Å². The van der Waals surface area contributed by atoms with Crippen molar-refractivity contribution in [2.75, 3.05) is 32.7 Å². The highest BCUT2D eigenvalue weighted by atomic mass is 28.3. The van der Waals surface area contributed by atoms with Crippen LogP contribution >= 0.6 is 0 Å². The number of allylic oxidation sites excluding steroid dienone is 2. The lowest BCUT2D eigenvalue weighted by Crippen LogP contribution is -2.70. The summed E-state index contributed by atoms with van der Waals surface area (Å²) >= 11 is 0. The average molecular weight is 239 g/mol. The predicted octanol–water partition coefficient (Wildman–Crippen LogP) is 2.37. The molecular formula is C13H27N2Si+. The molecule has 1 fully saturated rings. The van der Waals surface area contributed by atoms with Crippen LogP contribution < -0.4 is 5.32 Å². The molecule has 0 atom stereocenters. The minimum Gasteiger partial charge on any atom is -0.381 e. The molecule has 0 aliphatic carbocycles. The van der Waals surface area contributed by atoms with Gasteiger partial charge in [-0.2, -0.15) is 0 Å². The van der Waals surface area contributed by atoms with Crippen LogP contribution in [0.15, 0.2) is 24.8 Å². The zero-order valence-corrected chi connectivity index (χ0v) is 12.2. The molecule has 0 aromatic heterocycles. The van der Waals surface area contributed by atoms with Gasteiger partial charge in [-0.1, -0.05) is 24.8 Å². The highest BCUT2D eigenvalue weighted by Crippen LogP contribution is 2.28. The molecule has 2 nitrogen and oxygen atoms in total. The predicted molar refractivity (Wildman–Crippen MR) is 75.0 cm³/mol. The number of likely N-dealkylation sites (N-methyl/N-ethyl adjacent to an activating group) is 1. The molecule has 16 heavy (non-hydrogen) atoms. The minimum absolute atomic E-state index is 1.17. The van der Waals surface area contributed by atoms with Crippen molar-refractivity contribution in [3.8, 4) is 0 Å². The topological polar surface area (TPSA) is 12.0 Å². The maximum Gasteiger partial charge on any atom is 0.284 e. The smallest absolute Gasteiger partial charge is 0.284 e. The SMILES string of the molecule is C=CC(=C)C[Si](C)(C)[N+]1(CC)CCNCC1. The van der Waals surface area contributed by atoms with E-state index in [1.807, 2.05) is 6.08 Å². The van der Waals surface area contributed by atoms with Gasteiger partial charge in [-0.15, -0.1) is 0 Å². The first-order valence-corrected chi connectivity index (χ1v) is 9.50. The second kappa shape index (κ2) is 5.30. The van der Waals surface area contributed by atoms with Crippen molar-refractivity contribution in [2.45, 2.75) is 26.1 Å². The Morgan fingerprint density at radius 3 is 2.38 bits per heavy atom. The largest absolute Gasteiger partial charge is 0.381 e. The van der Waals surface area contributed by atoms with Crippen molar-refractivity contribution in [1.82, 2.24) is 5.32 Å². The molecule has 0 bridgehead atoms. The molecule has 1 aliphatic heterocycles. The molecule has 0 aromatic rings. The molecule has 0 saturated carbocycles. The van der Waals surface area contributed by atoms with Gasteiger partial charge in [-0.05, 0) is 20.0 Å². The van der Waals surface area contributed by atoms with E-state index in [1.54, 1.807) is 0 Å². The summed E-state index contributed by atoms with van der Waals surface area (Å²) in [7, 11) is -1.31. The number of rotatable bonds is 5. The highest BCUT2D eigenvalue weighted by Gasteiger charge is 2.46. The van der Waals surface area contributed by atoms with Crippen LogP contribution in [0.5, 0.6) is 0 Å². The third kappa shape index (κ3) is 2.65. The highest BCUT2D eigenvalue weighted by molar-refractivity contribution is 6.71. The van der Waals surface area contributed by atoms with Crippen LogP contribution in [0.4, 0.5) is 0 Å². The number of nitrogens with one attached hydrogen (secondary N) is 1. The van der Waals surface area contributed by atoms with Gasteiger partial charge in [0.15, 0.2) is 0 Å². The summed E-state index contributed by atoms with van der Waals surface area (Å²) < 4.78 is 1.34. The van der Waals surface area contributed by atoms with Crippen LogP contribution in [0, 0.1) is 0 Å². The Hall–Kier alpha value is -0.383. The first-order valence-electron chi connectivity index (χ1n) is 6.34.